The maximum absolute atomic E-state index is 12.4. The first-order valence-electron chi connectivity index (χ1n) is 6.45. The fourth-order valence-corrected chi connectivity index (χ4v) is 2.45. The fraction of sp³-hybridized carbons (Fsp3) is 0.500. The van der Waals surface area contributed by atoms with Crippen molar-refractivity contribution in [1.29, 1.82) is 0 Å². The molecule has 1 aromatic heterocycles. The highest BCUT2D eigenvalue weighted by molar-refractivity contribution is 5.95. The molecule has 1 unspecified atom stereocenters. The number of carbonyl (C=O) groups is 2. The summed E-state index contributed by atoms with van der Waals surface area (Å²) in [5.74, 6) is -1.34. The molecule has 0 aromatic carbocycles. The molecule has 1 aliphatic rings. The molecule has 0 aliphatic carbocycles. The van der Waals surface area contributed by atoms with Crippen molar-refractivity contribution in [3.8, 4) is 0 Å². The Morgan fingerprint density at radius 1 is 1.50 bits per heavy atom. The Kier molecular flexibility index (Phi) is 3.76. The van der Waals surface area contributed by atoms with Crippen molar-refractivity contribution in [2.24, 2.45) is 0 Å². The summed E-state index contributed by atoms with van der Waals surface area (Å²) in [5.41, 5.74) is -0.212. The smallest absolute Gasteiger partial charge is 0.335 e. The van der Waals surface area contributed by atoms with Crippen LogP contribution in [0.3, 0.4) is 0 Å². The van der Waals surface area contributed by atoms with E-state index in [1.54, 1.807) is 4.90 Å². The number of rotatable bonds is 2. The molecule has 0 saturated carbocycles. The van der Waals surface area contributed by atoms with Crippen molar-refractivity contribution in [3.63, 3.8) is 0 Å². The number of morpholine rings is 1. The molecule has 20 heavy (non-hydrogen) atoms. The number of nitrogens with zero attached hydrogens (tertiary/aromatic N) is 2. The second-order valence-electron chi connectivity index (χ2n) is 5.61. The maximum Gasteiger partial charge on any atom is 0.335 e. The SMILES string of the molecule is CC1CN(C(=O)c2cc(C(=O)O)ccn2)CC(C)(C)O1. The highest BCUT2D eigenvalue weighted by Crippen LogP contribution is 2.22. The predicted octanol–water partition coefficient (Wildman–Crippen LogP) is 1.42. The number of ether oxygens (including phenoxy) is 1. The van der Waals surface area contributed by atoms with Crippen molar-refractivity contribution < 1.29 is 19.4 Å². The number of aromatic nitrogens is 1. The van der Waals surface area contributed by atoms with Gasteiger partial charge >= 0.3 is 5.97 Å². The fourth-order valence-electron chi connectivity index (χ4n) is 2.45. The topological polar surface area (TPSA) is 79.7 Å². The van der Waals surface area contributed by atoms with Crippen LogP contribution in [0.4, 0.5) is 0 Å². The monoisotopic (exact) mass is 278 g/mol. The molecule has 2 rings (SSSR count). The van der Waals surface area contributed by atoms with Crippen molar-refractivity contribution in [2.75, 3.05) is 13.1 Å². The molecule has 1 amide bonds. The second-order valence-corrected chi connectivity index (χ2v) is 5.61. The van der Waals surface area contributed by atoms with Gasteiger partial charge in [-0.05, 0) is 32.9 Å². The highest BCUT2D eigenvalue weighted by Gasteiger charge is 2.34. The summed E-state index contributed by atoms with van der Waals surface area (Å²) in [5, 5.41) is 8.95. The predicted molar refractivity (Wildman–Crippen MR) is 71.7 cm³/mol. The molecule has 6 nitrogen and oxygen atoms in total. The highest BCUT2D eigenvalue weighted by atomic mass is 16.5. The summed E-state index contributed by atoms with van der Waals surface area (Å²) in [6.07, 6.45) is 1.27. The largest absolute Gasteiger partial charge is 0.478 e. The molecule has 0 spiro atoms. The van der Waals surface area contributed by atoms with Crippen LogP contribution in [-0.2, 0) is 4.74 Å². The number of carboxylic acid groups (broad SMARTS) is 1. The third-order valence-electron chi connectivity index (χ3n) is 3.08. The molecule has 108 valence electrons. The van der Waals surface area contributed by atoms with Gasteiger partial charge in [0.2, 0.25) is 0 Å². The van der Waals surface area contributed by atoms with Crippen LogP contribution in [0.15, 0.2) is 18.3 Å². The molecule has 1 aromatic rings. The Morgan fingerprint density at radius 3 is 2.80 bits per heavy atom. The van der Waals surface area contributed by atoms with Crippen LogP contribution in [0.1, 0.15) is 41.6 Å². The van der Waals surface area contributed by atoms with Crippen LogP contribution >= 0.6 is 0 Å². The van der Waals surface area contributed by atoms with Gasteiger partial charge in [-0.2, -0.15) is 0 Å². The van der Waals surface area contributed by atoms with Crippen molar-refractivity contribution >= 4 is 11.9 Å². The summed E-state index contributed by atoms with van der Waals surface area (Å²) >= 11 is 0. The molecule has 0 radical (unpaired) electrons. The van der Waals surface area contributed by atoms with E-state index in [1.807, 2.05) is 20.8 Å². The molecule has 1 atom stereocenters. The average Bonchev–Trinajstić information content (AvgIpc) is 2.35. The van der Waals surface area contributed by atoms with Gasteiger partial charge in [-0.3, -0.25) is 9.78 Å². The van der Waals surface area contributed by atoms with Gasteiger partial charge in [0.05, 0.1) is 17.3 Å². The number of carbonyl (C=O) groups excluding carboxylic acids is 1. The minimum absolute atomic E-state index is 0.0592. The van der Waals surface area contributed by atoms with E-state index in [1.165, 1.54) is 18.3 Å². The van der Waals surface area contributed by atoms with Gasteiger partial charge in [0.15, 0.2) is 0 Å². The zero-order valence-electron chi connectivity index (χ0n) is 11.8. The number of hydrogen-bond donors (Lipinski definition) is 1. The van der Waals surface area contributed by atoms with Crippen molar-refractivity contribution in [2.45, 2.75) is 32.5 Å². The Bertz CT molecular complexity index is 542. The van der Waals surface area contributed by atoms with Gasteiger partial charge in [-0.15, -0.1) is 0 Å². The third kappa shape index (κ3) is 3.14. The van der Waals surface area contributed by atoms with Crippen LogP contribution in [-0.4, -0.2) is 51.7 Å². The van der Waals surface area contributed by atoms with Gasteiger partial charge < -0.3 is 14.7 Å². The standard InChI is InChI=1S/C14H18N2O4/c1-9-7-16(8-14(2,3)20-9)12(17)11-6-10(13(18)19)4-5-15-11/h4-6,9H,7-8H2,1-3H3,(H,18,19). The lowest BCUT2D eigenvalue weighted by atomic mass is 10.0. The maximum atomic E-state index is 12.4. The quantitative estimate of drug-likeness (QED) is 0.885. The zero-order chi connectivity index (χ0) is 14.9. The average molecular weight is 278 g/mol. The van der Waals surface area contributed by atoms with E-state index in [9.17, 15) is 9.59 Å². The lowest BCUT2D eigenvalue weighted by molar-refractivity contribution is -0.118. The number of carboxylic acids is 1. The first-order chi connectivity index (χ1) is 9.28. The summed E-state index contributed by atoms with van der Waals surface area (Å²) in [4.78, 5) is 29.0. The molecule has 0 bridgehead atoms. The first-order valence-corrected chi connectivity index (χ1v) is 6.45. The molecule has 1 fully saturated rings. The van der Waals surface area contributed by atoms with Gasteiger partial charge in [0, 0.05) is 19.3 Å². The Labute approximate surface area is 117 Å². The Hall–Kier alpha value is -1.95. The van der Waals surface area contributed by atoms with Gasteiger partial charge in [-0.25, -0.2) is 4.79 Å². The molecule has 1 N–H and O–H groups in total. The summed E-state index contributed by atoms with van der Waals surface area (Å²) in [6, 6.07) is 2.67. The van der Waals surface area contributed by atoms with Crippen LogP contribution < -0.4 is 0 Å². The second kappa shape index (κ2) is 5.20. The Morgan fingerprint density at radius 2 is 2.20 bits per heavy atom. The van der Waals surface area contributed by atoms with Crippen LogP contribution in [0.5, 0.6) is 0 Å². The molecule has 1 aliphatic heterocycles. The van der Waals surface area contributed by atoms with Crippen LogP contribution in [0.2, 0.25) is 0 Å². The molecular formula is C14H18N2O4. The Balaban J connectivity index is 2.22. The van der Waals surface area contributed by atoms with Crippen molar-refractivity contribution in [1.82, 2.24) is 9.88 Å². The number of hydrogen-bond acceptors (Lipinski definition) is 4. The lowest BCUT2D eigenvalue weighted by Crippen LogP contribution is -2.53. The number of aromatic carboxylic acids is 1. The van der Waals surface area contributed by atoms with E-state index in [-0.39, 0.29) is 23.3 Å². The third-order valence-corrected chi connectivity index (χ3v) is 3.08. The van der Waals surface area contributed by atoms with E-state index in [2.05, 4.69) is 4.98 Å². The van der Waals surface area contributed by atoms with E-state index >= 15 is 0 Å². The summed E-state index contributed by atoms with van der Waals surface area (Å²) in [7, 11) is 0. The van der Waals surface area contributed by atoms with E-state index in [0.717, 1.165) is 0 Å². The van der Waals surface area contributed by atoms with Gasteiger partial charge in [0.25, 0.3) is 5.91 Å². The summed E-state index contributed by atoms with van der Waals surface area (Å²) in [6.45, 7) is 6.67. The molecule has 1 saturated heterocycles. The summed E-state index contributed by atoms with van der Waals surface area (Å²) < 4.78 is 5.74. The first kappa shape index (κ1) is 14.5. The number of pyridine rings is 1. The molecule has 6 heteroatoms. The van der Waals surface area contributed by atoms with Crippen LogP contribution in [0.25, 0.3) is 0 Å². The lowest BCUT2D eigenvalue weighted by Gasteiger charge is -2.41. The molecule has 2 heterocycles. The van der Waals surface area contributed by atoms with E-state index in [4.69, 9.17) is 9.84 Å². The van der Waals surface area contributed by atoms with Gasteiger partial charge in [0.1, 0.15) is 5.69 Å². The minimum atomic E-state index is -1.07. The van der Waals surface area contributed by atoms with Crippen LogP contribution in [0, 0.1) is 0 Å². The van der Waals surface area contributed by atoms with Crippen molar-refractivity contribution in [3.05, 3.63) is 29.6 Å². The normalized spacial score (nSPS) is 21.6. The van der Waals surface area contributed by atoms with Gasteiger partial charge in [-0.1, -0.05) is 0 Å². The minimum Gasteiger partial charge on any atom is -0.478 e. The zero-order valence-corrected chi connectivity index (χ0v) is 11.8. The number of amides is 1. The van der Waals surface area contributed by atoms with E-state index < -0.39 is 11.6 Å². The van der Waals surface area contributed by atoms with E-state index in [0.29, 0.717) is 13.1 Å². The molecular weight excluding hydrogens is 260 g/mol.